The lowest BCUT2D eigenvalue weighted by atomic mass is 9.95. The Morgan fingerprint density at radius 3 is 2.68 bits per heavy atom. The van der Waals surface area contributed by atoms with Gasteiger partial charge in [0.1, 0.15) is 11.8 Å². The number of aryl methyl sites for hydroxylation is 1. The first-order chi connectivity index (χ1) is 16.2. The Labute approximate surface area is 203 Å². The molecule has 6 nitrogen and oxygen atoms in total. The molecule has 10 heteroatoms. The Bertz CT molecular complexity index is 1170. The summed E-state index contributed by atoms with van der Waals surface area (Å²) < 4.78 is 61.5. The van der Waals surface area contributed by atoms with E-state index in [0.29, 0.717) is 22.3 Å². The van der Waals surface area contributed by atoms with Crippen LogP contribution in [0.25, 0.3) is 11.6 Å². The van der Waals surface area contributed by atoms with E-state index in [4.69, 9.17) is 13.9 Å². The SMILES string of the molecule is Cc1cc(Br)c2nc1O[C@H](C)CC=CCC[C@](OCc1ccccc1)(C(F)(F)F)c1nnc-2o1. The fourth-order valence-electron chi connectivity index (χ4n) is 3.61. The van der Waals surface area contributed by atoms with E-state index >= 15 is 0 Å². The number of pyridine rings is 1. The van der Waals surface area contributed by atoms with Crippen molar-refractivity contribution in [1.29, 1.82) is 0 Å². The smallest absolute Gasteiger partial charge is 0.426 e. The largest absolute Gasteiger partial charge is 0.474 e. The van der Waals surface area contributed by atoms with Crippen molar-refractivity contribution in [1.82, 2.24) is 15.2 Å². The zero-order valence-corrected chi connectivity index (χ0v) is 20.2. The summed E-state index contributed by atoms with van der Waals surface area (Å²) in [5.41, 5.74) is -1.24. The van der Waals surface area contributed by atoms with Crippen molar-refractivity contribution in [2.75, 3.05) is 0 Å². The van der Waals surface area contributed by atoms with E-state index in [-0.39, 0.29) is 30.7 Å². The van der Waals surface area contributed by atoms with Gasteiger partial charge in [-0.05, 0) is 54.2 Å². The maximum atomic E-state index is 14.6. The van der Waals surface area contributed by atoms with Gasteiger partial charge in [-0.2, -0.15) is 13.2 Å². The number of alkyl halides is 3. The number of nitrogens with zero attached hydrogens (tertiary/aromatic N) is 3. The maximum absolute atomic E-state index is 14.6. The number of fused-ring (bicyclic) bond motifs is 5. The molecule has 0 unspecified atom stereocenters. The zero-order chi connectivity index (χ0) is 24.3. The predicted octanol–water partition coefficient (Wildman–Crippen LogP) is 6.68. The molecule has 0 saturated heterocycles. The van der Waals surface area contributed by atoms with Gasteiger partial charge in [-0.25, -0.2) is 4.98 Å². The normalized spacial score (nSPS) is 21.1. The van der Waals surface area contributed by atoms with Gasteiger partial charge in [0, 0.05) is 16.5 Å². The third kappa shape index (κ3) is 5.02. The maximum Gasteiger partial charge on any atom is 0.426 e. The topological polar surface area (TPSA) is 70.3 Å². The van der Waals surface area contributed by atoms with Gasteiger partial charge in [0.15, 0.2) is 0 Å². The van der Waals surface area contributed by atoms with Crippen molar-refractivity contribution in [3.8, 4) is 17.5 Å². The highest BCUT2D eigenvalue weighted by molar-refractivity contribution is 9.10. The van der Waals surface area contributed by atoms with E-state index in [0.717, 1.165) is 5.56 Å². The Morgan fingerprint density at radius 1 is 1.18 bits per heavy atom. The molecule has 0 aliphatic carbocycles. The van der Waals surface area contributed by atoms with Crippen LogP contribution in [-0.4, -0.2) is 27.5 Å². The van der Waals surface area contributed by atoms with Gasteiger partial charge in [-0.15, -0.1) is 10.2 Å². The molecule has 1 aliphatic rings. The molecule has 2 aromatic heterocycles. The van der Waals surface area contributed by atoms with Gasteiger partial charge in [-0.1, -0.05) is 42.5 Å². The van der Waals surface area contributed by atoms with Crippen LogP contribution in [-0.2, 0) is 16.9 Å². The predicted molar refractivity (Wildman–Crippen MR) is 122 cm³/mol. The summed E-state index contributed by atoms with van der Waals surface area (Å²) in [5.74, 6) is -0.483. The molecule has 0 radical (unpaired) electrons. The van der Waals surface area contributed by atoms with Gasteiger partial charge in [-0.3, -0.25) is 0 Å². The van der Waals surface area contributed by atoms with Crippen molar-refractivity contribution in [3.63, 3.8) is 0 Å². The van der Waals surface area contributed by atoms with Crippen molar-refractivity contribution < 1.29 is 27.1 Å². The van der Waals surface area contributed by atoms with Crippen LogP contribution in [0.3, 0.4) is 0 Å². The van der Waals surface area contributed by atoms with Crippen LogP contribution in [0.5, 0.6) is 5.88 Å². The van der Waals surface area contributed by atoms with E-state index < -0.39 is 24.1 Å². The first-order valence-corrected chi connectivity index (χ1v) is 11.6. The second-order valence-electron chi connectivity index (χ2n) is 8.13. The van der Waals surface area contributed by atoms with E-state index in [2.05, 4.69) is 31.1 Å². The summed E-state index contributed by atoms with van der Waals surface area (Å²) in [6.45, 7) is 3.42. The lowest BCUT2D eigenvalue weighted by Crippen LogP contribution is -2.45. The van der Waals surface area contributed by atoms with Crippen LogP contribution in [0.2, 0.25) is 0 Å². The molecule has 180 valence electrons. The van der Waals surface area contributed by atoms with Gasteiger partial charge >= 0.3 is 6.18 Å². The fraction of sp³-hybridized carbons (Fsp3) is 0.375. The number of hydrogen-bond donors (Lipinski definition) is 0. The summed E-state index contributed by atoms with van der Waals surface area (Å²) in [7, 11) is 0. The van der Waals surface area contributed by atoms with Crippen LogP contribution in [0.4, 0.5) is 13.2 Å². The molecule has 34 heavy (non-hydrogen) atoms. The number of halogens is 4. The Balaban J connectivity index is 1.82. The number of allylic oxidation sites excluding steroid dienone is 1. The molecule has 1 aromatic carbocycles. The van der Waals surface area contributed by atoms with Gasteiger partial charge in [0.25, 0.3) is 11.8 Å². The lowest BCUT2D eigenvalue weighted by molar-refractivity contribution is -0.299. The van der Waals surface area contributed by atoms with Crippen molar-refractivity contribution in [2.45, 2.75) is 57.6 Å². The molecule has 1 aliphatic heterocycles. The molecule has 0 fully saturated rings. The average Bonchev–Trinajstić information content (AvgIpc) is 3.27. The first-order valence-electron chi connectivity index (χ1n) is 10.8. The molecular formula is C24H23BrF3N3O3. The fourth-order valence-corrected chi connectivity index (χ4v) is 4.21. The number of hydrogen-bond acceptors (Lipinski definition) is 6. The first kappa shape index (κ1) is 24.4. The quantitative estimate of drug-likeness (QED) is 0.347. The summed E-state index contributed by atoms with van der Waals surface area (Å²) in [6.07, 6.45) is -1.40. The molecule has 0 saturated carbocycles. The van der Waals surface area contributed by atoms with Crippen molar-refractivity contribution >= 4 is 15.9 Å². The van der Waals surface area contributed by atoms with E-state index in [1.807, 2.05) is 13.8 Å². The average molecular weight is 538 g/mol. The summed E-state index contributed by atoms with van der Waals surface area (Å²) in [6, 6.07) is 10.4. The highest BCUT2D eigenvalue weighted by Crippen LogP contribution is 2.46. The minimum Gasteiger partial charge on any atom is -0.474 e. The minimum absolute atomic E-state index is 0.0883. The lowest BCUT2D eigenvalue weighted by Gasteiger charge is -2.32. The standard InChI is InChI=1S/C24H23BrF3N3O3/c1-15-13-18(25)19-21-30-31-22(34-21)23(24(26,27)28,32-14-17-10-6-3-7-11-17)12-8-4-5-9-16(2)33-20(15)29-19/h3-7,10-11,13,16H,8-9,12,14H2,1-2H3/t16-,23-/m1/s1. The number of rotatable bonds is 3. The minimum atomic E-state index is -4.81. The second-order valence-corrected chi connectivity index (χ2v) is 8.98. The van der Waals surface area contributed by atoms with Crippen LogP contribution < -0.4 is 4.74 Å². The number of aromatic nitrogens is 3. The molecule has 3 aromatic rings. The van der Waals surface area contributed by atoms with E-state index in [9.17, 15) is 13.2 Å². The molecule has 2 atom stereocenters. The van der Waals surface area contributed by atoms with Crippen molar-refractivity contribution in [2.24, 2.45) is 0 Å². The summed E-state index contributed by atoms with van der Waals surface area (Å²) >= 11 is 3.39. The molecule has 3 heterocycles. The monoisotopic (exact) mass is 537 g/mol. The van der Waals surface area contributed by atoms with Crippen molar-refractivity contribution in [3.05, 3.63) is 70.0 Å². The zero-order valence-electron chi connectivity index (χ0n) is 18.6. The Morgan fingerprint density at radius 2 is 1.94 bits per heavy atom. The molecular weight excluding hydrogens is 515 g/mol. The Kier molecular flexibility index (Phi) is 7.09. The highest BCUT2D eigenvalue weighted by atomic mass is 79.9. The molecule has 0 N–H and O–H groups in total. The van der Waals surface area contributed by atoms with Gasteiger partial charge in [0.2, 0.25) is 11.5 Å². The van der Waals surface area contributed by atoms with E-state index in [1.165, 1.54) is 0 Å². The molecule has 4 bridgehead atoms. The highest BCUT2D eigenvalue weighted by Gasteiger charge is 2.61. The molecule has 4 rings (SSSR count). The van der Waals surface area contributed by atoms with Crippen LogP contribution in [0, 0.1) is 6.92 Å². The Hall–Kier alpha value is -2.72. The third-order valence-corrected chi connectivity index (χ3v) is 6.09. The molecule has 0 spiro atoms. The third-order valence-electron chi connectivity index (χ3n) is 5.49. The molecule has 0 amide bonds. The van der Waals surface area contributed by atoms with Crippen LogP contribution in [0.1, 0.15) is 43.2 Å². The summed E-state index contributed by atoms with van der Waals surface area (Å²) in [4.78, 5) is 4.45. The van der Waals surface area contributed by atoms with Gasteiger partial charge in [0.05, 0.1) is 6.61 Å². The number of ether oxygens (including phenoxy) is 2. The second kappa shape index (κ2) is 9.87. The number of benzene rings is 1. The van der Waals surface area contributed by atoms with Gasteiger partial charge < -0.3 is 13.9 Å². The van der Waals surface area contributed by atoms with Crippen LogP contribution >= 0.6 is 15.9 Å². The van der Waals surface area contributed by atoms with Crippen LogP contribution in [0.15, 0.2) is 57.4 Å². The van der Waals surface area contributed by atoms with E-state index in [1.54, 1.807) is 48.6 Å². The summed E-state index contributed by atoms with van der Waals surface area (Å²) in [5, 5.41) is 7.68.